The van der Waals surface area contributed by atoms with Gasteiger partial charge in [-0.05, 0) is 20.0 Å². The smallest absolute Gasteiger partial charge is 0.122 e. The van der Waals surface area contributed by atoms with Gasteiger partial charge in [-0.15, -0.1) is 0 Å². The number of fused-ring (bicyclic) bond motifs is 1. The SMILES string of the molecule is CC(CC#N)N(C)CC1COc2ccccc21. The highest BCUT2D eigenvalue weighted by Gasteiger charge is 2.25. The second kappa shape index (κ2) is 5.20. The quantitative estimate of drug-likeness (QED) is 0.797. The number of rotatable bonds is 4. The molecule has 17 heavy (non-hydrogen) atoms. The first-order valence-corrected chi connectivity index (χ1v) is 6.01. The van der Waals surface area contributed by atoms with Crippen LogP contribution in [0.3, 0.4) is 0 Å². The molecule has 3 heteroatoms. The lowest BCUT2D eigenvalue weighted by atomic mass is 10.0. The zero-order valence-electron chi connectivity index (χ0n) is 10.4. The van der Waals surface area contributed by atoms with Crippen LogP contribution in [0.5, 0.6) is 5.75 Å². The zero-order valence-corrected chi connectivity index (χ0v) is 10.4. The van der Waals surface area contributed by atoms with Crippen molar-refractivity contribution in [2.45, 2.75) is 25.3 Å². The Morgan fingerprint density at radius 3 is 3.06 bits per heavy atom. The molecule has 0 aromatic heterocycles. The summed E-state index contributed by atoms with van der Waals surface area (Å²) in [6.07, 6.45) is 0.575. The molecule has 0 radical (unpaired) electrons. The minimum absolute atomic E-state index is 0.299. The maximum Gasteiger partial charge on any atom is 0.122 e. The Morgan fingerprint density at radius 2 is 2.29 bits per heavy atom. The van der Waals surface area contributed by atoms with Crippen molar-refractivity contribution in [3.05, 3.63) is 29.8 Å². The molecule has 0 aliphatic carbocycles. The van der Waals surface area contributed by atoms with E-state index >= 15 is 0 Å². The molecule has 2 rings (SSSR count). The van der Waals surface area contributed by atoms with E-state index in [1.165, 1.54) is 5.56 Å². The van der Waals surface area contributed by atoms with Crippen molar-refractivity contribution in [2.24, 2.45) is 0 Å². The van der Waals surface area contributed by atoms with E-state index in [2.05, 4.69) is 37.1 Å². The first kappa shape index (κ1) is 11.9. The van der Waals surface area contributed by atoms with Gasteiger partial charge in [-0.3, -0.25) is 0 Å². The molecule has 0 fully saturated rings. The monoisotopic (exact) mass is 230 g/mol. The number of benzene rings is 1. The lowest BCUT2D eigenvalue weighted by Gasteiger charge is -2.25. The van der Waals surface area contributed by atoms with E-state index in [1.807, 2.05) is 12.1 Å². The van der Waals surface area contributed by atoms with Gasteiger partial charge in [0.2, 0.25) is 0 Å². The number of hydrogen-bond acceptors (Lipinski definition) is 3. The van der Waals surface area contributed by atoms with Gasteiger partial charge >= 0.3 is 0 Å². The second-order valence-electron chi connectivity index (χ2n) is 4.70. The maximum atomic E-state index is 8.70. The third-order valence-electron chi connectivity index (χ3n) is 3.45. The number of para-hydroxylation sites is 1. The minimum Gasteiger partial charge on any atom is -0.493 e. The molecule has 0 N–H and O–H groups in total. The highest BCUT2D eigenvalue weighted by atomic mass is 16.5. The molecular formula is C14H18N2O. The van der Waals surface area contributed by atoms with Gasteiger partial charge in [-0.2, -0.15) is 5.26 Å². The topological polar surface area (TPSA) is 36.3 Å². The highest BCUT2D eigenvalue weighted by molar-refractivity contribution is 5.39. The van der Waals surface area contributed by atoms with Crippen molar-refractivity contribution < 1.29 is 4.74 Å². The third kappa shape index (κ3) is 2.59. The van der Waals surface area contributed by atoms with E-state index in [4.69, 9.17) is 10.00 Å². The Labute approximate surface area is 103 Å². The zero-order chi connectivity index (χ0) is 12.3. The van der Waals surface area contributed by atoms with Gasteiger partial charge in [0, 0.05) is 24.1 Å². The Balaban J connectivity index is 2.00. The lowest BCUT2D eigenvalue weighted by Crippen LogP contribution is -2.33. The van der Waals surface area contributed by atoms with Crippen LogP contribution < -0.4 is 4.74 Å². The van der Waals surface area contributed by atoms with E-state index in [0.29, 0.717) is 18.4 Å². The van der Waals surface area contributed by atoms with Crippen LogP contribution in [0.1, 0.15) is 24.8 Å². The standard InChI is InChI=1S/C14H18N2O/c1-11(7-8-15)16(2)9-12-10-17-14-6-4-3-5-13(12)14/h3-6,11-12H,7,9-10H2,1-2H3. The summed E-state index contributed by atoms with van der Waals surface area (Å²) in [6, 6.07) is 10.7. The third-order valence-corrected chi connectivity index (χ3v) is 3.45. The number of likely N-dealkylation sites (N-methyl/N-ethyl adjacent to an activating group) is 1. The first-order chi connectivity index (χ1) is 8.22. The molecular weight excluding hydrogens is 212 g/mol. The van der Waals surface area contributed by atoms with Gasteiger partial charge in [0.05, 0.1) is 19.1 Å². The van der Waals surface area contributed by atoms with Crippen LogP contribution >= 0.6 is 0 Å². The number of ether oxygens (including phenoxy) is 1. The van der Waals surface area contributed by atoms with Crippen LogP contribution in [-0.4, -0.2) is 31.1 Å². The minimum atomic E-state index is 0.299. The molecule has 1 heterocycles. The molecule has 1 aliphatic rings. The summed E-state index contributed by atoms with van der Waals surface area (Å²) in [5.74, 6) is 1.44. The molecule has 0 spiro atoms. The molecule has 0 saturated carbocycles. The molecule has 90 valence electrons. The van der Waals surface area contributed by atoms with Gasteiger partial charge in [0.15, 0.2) is 0 Å². The van der Waals surface area contributed by atoms with Gasteiger partial charge in [0.25, 0.3) is 0 Å². The fourth-order valence-electron chi connectivity index (χ4n) is 2.20. The predicted molar refractivity (Wildman–Crippen MR) is 67.0 cm³/mol. The normalized spacial score (nSPS) is 19.5. The fourth-order valence-corrected chi connectivity index (χ4v) is 2.20. The molecule has 0 bridgehead atoms. The van der Waals surface area contributed by atoms with E-state index in [1.54, 1.807) is 0 Å². The van der Waals surface area contributed by atoms with E-state index in [9.17, 15) is 0 Å². The molecule has 1 aliphatic heterocycles. The van der Waals surface area contributed by atoms with Gasteiger partial charge in [0.1, 0.15) is 5.75 Å². The lowest BCUT2D eigenvalue weighted by molar-refractivity contribution is 0.224. The largest absolute Gasteiger partial charge is 0.493 e. The van der Waals surface area contributed by atoms with E-state index < -0.39 is 0 Å². The summed E-state index contributed by atoms with van der Waals surface area (Å²) in [5.41, 5.74) is 1.29. The number of nitriles is 1. The Bertz CT molecular complexity index is 424. The molecule has 1 aromatic carbocycles. The average Bonchev–Trinajstić information content (AvgIpc) is 2.73. The predicted octanol–water partition coefficient (Wildman–Crippen LogP) is 2.40. The Hall–Kier alpha value is -1.53. The molecule has 2 atom stereocenters. The van der Waals surface area contributed by atoms with Crippen LogP contribution in [0.15, 0.2) is 24.3 Å². The summed E-state index contributed by atoms with van der Waals surface area (Å²) in [6.45, 7) is 3.79. The van der Waals surface area contributed by atoms with Crippen LogP contribution in [0.4, 0.5) is 0 Å². The summed E-state index contributed by atoms with van der Waals surface area (Å²) in [4.78, 5) is 2.24. The Morgan fingerprint density at radius 1 is 1.53 bits per heavy atom. The fraction of sp³-hybridized carbons (Fsp3) is 0.500. The van der Waals surface area contributed by atoms with Crippen molar-refractivity contribution >= 4 is 0 Å². The van der Waals surface area contributed by atoms with Gasteiger partial charge in [-0.1, -0.05) is 18.2 Å². The van der Waals surface area contributed by atoms with Crippen LogP contribution in [0.25, 0.3) is 0 Å². The molecule has 1 aromatic rings. The second-order valence-corrected chi connectivity index (χ2v) is 4.70. The van der Waals surface area contributed by atoms with E-state index in [0.717, 1.165) is 18.9 Å². The summed E-state index contributed by atoms with van der Waals surface area (Å²) >= 11 is 0. The van der Waals surface area contributed by atoms with Crippen molar-refractivity contribution in [2.75, 3.05) is 20.2 Å². The Kier molecular flexibility index (Phi) is 3.65. The van der Waals surface area contributed by atoms with Crippen LogP contribution in [-0.2, 0) is 0 Å². The number of hydrogen-bond donors (Lipinski definition) is 0. The maximum absolute atomic E-state index is 8.70. The van der Waals surface area contributed by atoms with Crippen molar-refractivity contribution in [1.29, 1.82) is 5.26 Å². The molecule has 0 saturated heterocycles. The van der Waals surface area contributed by atoms with E-state index in [-0.39, 0.29) is 0 Å². The van der Waals surface area contributed by atoms with Crippen LogP contribution in [0, 0.1) is 11.3 Å². The summed E-state index contributed by atoms with van der Waals surface area (Å²) < 4.78 is 5.66. The van der Waals surface area contributed by atoms with Crippen molar-refractivity contribution in [1.82, 2.24) is 4.90 Å². The van der Waals surface area contributed by atoms with Gasteiger partial charge in [-0.25, -0.2) is 0 Å². The molecule has 3 nitrogen and oxygen atoms in total. The molecule has 2 unspecified atom stereocenters. The summed E-state index contributed by atoms with van der Waals surface area (Å²) in [7, 11) is 2.07. The van der Waals surface area contributed by atoms with Crippen molar-refractivity contribution in [3.63, 3.8) is 0 Å². The first-order valence-electron chi connectivity index (χ1n) is 6.01. The molecule has 0 amide bonds. The van der Waals surface area contributed by atoms with Crippen molar-refractivity contribution in [3.8, 4) is 11.8 Å². The summed E-state index contributed by atoms with van der Waals surface area (Å²) in [5, 5.41) is 8.70. The van der Waals surface area contributed by atoms with Crippen LogP contribution in [0.2, 0.25) is 0 Å². The average molecular weight is 230 g/mol. The van der Waals surface area contributed by atoms with Gasteiger partial charge < -0.3 is 9.64 Å². The highest BCUT2D eigenvalue weighted by Crippen LogP contribution is 2.33. The number of nitrogens with zero attached hydrogens (tertiary/aromatic N) is 2.